The van der Waals surface area contributed by atoms with Gasteiger partial charge in [0.15, 0.2) is 11.5 Å². The molecule has 1 aliphatic heterocycles. The molecule has 158 valence electrons. The highest BCUT2D eigenvalue weighted by molar-refractivity contribution is 5.67. The molecule has 8 heteroatoms. The lowest BCUT2D eigenvalue weighted by Gasteiger charge is -2.15. The van der Waals surface area contributed by atoms with E-state index in [2.05, 4.69) is 33.5 Å². The van der Waals surface area contributed by atoms with Crippen LogP contribution >= 0.6 is 0 Å². The first-order valence-electron chi connectivity index (χ1n) is 10.1. The number of aromatic nitrogens is 4. The van der Waals surface area contributed by atoms with Gasteiger partial charge in [-0.15, -0.1) is 0 Å². The molecule has 0 fully saturated rings. The summed E-state index contributed by atoms with van der Waals surface area (Å²) in [5.41, 5.74) is 5.89. The summed E-state index contributed by atoms with van der Waals surface area (Å²) < 4.78 is 17.9. The van der Waals surface area contributed by atoms with Gasteiger partial charge in [0.05, 0.1) is 12.2 Å². The molecule has 0 atom stereocenters. The van der Waals surface area contributed by atoms with Crippen molar-refractivity contribution in [2.45, 2.75) is 26.6 Å². The fraction of sp³-hybridized carbons (Fsp3) is 0.261. The maximum absolute atomic E-state index is 5.57. The Kier molecular flexibility index (Phi) is 5.13. The summed E-state index contributed by atoms with van der Waals surface area (Å²) in [6.07, 6.45) is 2.11. The van der Waals surface area contributed by atoms with E-state index >= 15 is 0 Å². The van der Waals surface area contributed by atoms with Crippen LogP contribution in [-0.4, -0.2) is 38.8 Å². The minimum absolute atomic E-state index is 0.252. The van der Waals surface area contributed by atoms with Crippen molar-refractivity contribution in [1.29, 1.82) is 0 Å². The quantitative estimate of drug-likeness (QED) is 0.454. The lowest BCUT2D eigenvalue weighted by Crippen LogP contribution is -2.18. The zero-order valence-corrected chi connectivity index (χ0v) is 17.5. The van der Waals surface area contributed by atoms with E-state index in [0.29, 0.717) is 19.6 Å². The van der Waals surface area contributed by atoms with E-state index in [9.17, 15) is 0 Å². The second-order valence-corrected chi connectivity index (χ2v) is 7.72. The highest BCUT2D eigenvalue weighted by Crippen LogP contribution is 2.36. The molecule has 0 saturated carbocycles. The van der Waals surface area contributed by atoms with Crippen molar-refractivity contribution in [2.75, 3.05) is 13.8 Å². The molecule has 0 unspecified atom stereocenters. The molecule has 3 heterocycles. The fourth-order valence-corrected chi connectivity index (χ4v) is 3.71. The molecule has 5 rings (SSSR count). The lowest BCUT2D eigenvalue weighted by molar-refractivity contribution is 0.174. The van der Waals surface area contributed by atoms with Crippen LogP contribution < -0.4 is 9.47 Å². The molecule has 0 radical (unpaired) electrons. The molecule has 8 nitrogen and oxygen atoms in total. The summed E-state index contributed by atoms with van der Waals surface area (Å²) in [7, 11) is 2.05. The molecule has 0 bridgehead atoms. The van der Waals surface area contributed by atoms with E-state index in [4.69, 9.17) is 19.2 Å². The van der Waals surface area contributed by atoms with Crippen LogP contribution in [0.1, 0.15) is 22.5 Å². The molecule has 0 spiro atoms. The predicted molar refractivity (Wildman–Crippen MR) is 114 cm³/mol. The first-order valence-corrected chi connectivity index (χ1v) is 10.1. The summed E-state index contributed by atoms with van der Waals surface area (Å²) in [4.78, 5) is 2.17. The number of nitrogens with zero attached hydrogens (tertiary/aromatic N) is 5. The Hall–Kier alpha value is -3.65. The Labute approximate surface area is 180 Å². The number of hydrogen-bond donors (Lipinski definition) is 0. The van der Waals surface area contributed by atoms with E-state index in [1.807, 2.05) is 55.1 Å². The third kappa shape index (κ3) is 4.15. The van der Waals surface area contributed by atoms with Crippen LogP contribution in [0.4, 0.5) is 0 Å². The topological polar surface area (TPSA) is 78.4 Å². The minimum Gasteiger partial charge on any atom is -0.454 e. The van der Waals surface area contributed by atoms with Crippen molar-refractivity contribution in [3.63, 3.8) is 0 Å². The average Bonchev–Trinajstić information content (AvgIpc) is 3.49. The van der Waals surface area contributed by atoms with Crippen molar-refractivity contribution in [3.8, 4) is 22.8 Å². The molecule has 1 aliphatic rings. The van der Waals surface area contributed by atoms with Gasteiger partial charge in [-0.1, -0.05) is 40.6 Å². The smallest absolute Gasteiger partial charge is 0.231 e. The Morgan fingerprint density at radius 2 is 1.84 bits per heavy atom. The molecule has 2 aromatic carbocycles. The second-order valence-electron chi connectivity index (χ2n) is 7.72. The van der Waals surface area contributed by atoms with Gasteiger partial charge in [-0.05, 0) is 37.7 Å². The van der Waals surface area contributed by atoms with E-state index in [0.717, 1.165) is 39.7 Å². The van der Waals surface area contributed by atoms with Crippen molar-refractivity contribution in [2.24, 2.45) is 0 Å². The van der Waals surface area contributed by atoms with Crippen LogP contribution in [0.5, 0.6) is 11.5 Å². The van der Waals surface area contributed by atoms with Gasteiger partial charge in [0.1, 0.15) is 11.4 Å². The summed E-state index contributed by atoms with van der Waals surface area (Å²) >= 11 is 0. The highest BCUT2D eigenvalue weighted by atomic mass is 16.7. The molecule has 4 aromatic rings. The maximum atomic E-state index is 5.57. The summed E-state index contributed by atoms with van der Waals surface area (Å²) in [6, 6.07) is 16.3. The number of ether oxygens (including phenoxy) is 2. The van der Waals surface area contributed by atoms with Crippen LogP contribution in [0.25, 0.3) is 11.3 Å². The van der Waals surface area contributed by atoms with Crippen LogP contribution in [-0.2, 0) is 19.6 Å². The monoisotopic (exact) mass is 417 g/mol. The van der Waals surface area contributed by atoms with E-state index in [-0.39, 0.29) is 6.79 Å². The molecular formula is C23H23N5O3. The molecule has 31 heavy (non-hydrogen) atoms. The fourth-order valence-electron chi connectivity index (χ4n) is 3.71. The van der Waals surface area contributed by atoms with Crippen LogP contribution in [0, 0.1) is 6.92 Å². The summed E-state index contributed by atoms with van der Waals surface area (Å²) in [6.45, 7) is 4.19. The predicted octanol–water partition coefficient (Wildman–Crippen LogP) is 3.65. The number of hydrogen-bond acceptors (Lipinski definition) is 7. The highest BCUT2D eigenvalue weighted by Gasteiger charge is 2.19. The standard InChI is InChI=1S/C23H23N5O3/c1-16-20(26-31-25-16)14-27(2)12-19-13-28(11-17-6-4-3-5-7-17)24-23(19)18-8-9-21-22(10-18)30-15-29-21/h3-10,13H,11-12,14-15H2,1-2H3. The Morgan fingerprint density at radius 3 is 2.65 bits per heavy atom. The molecule has 0 aliphatic carbocycles. The zero-order valence-electron chi connectivity index (χ0n) is 17.5. The van der Waals surface area contributed by atoms with Crippen molar-refractivity contribution >= 4 is 0 Å². The molecule has 2 aromatic heterocycles. The molecule has 0 N–H and O–H groups in total. The number of benzene rings is 2. The number of rotatable bonds is 7. The number of aryl methyl sites for hydroxylation is 1. The van der Waals surface area contributed by atoms with Gasteiger partial charge in [-0.25, -0.2) is 4.63 Å². The maximum Gasteiger partial charge on any atom is 0.231 e. The number of fused-ring (bicyclic) bond motifs is 1. The lowest BCUT2D eigenvalue weighted by atomic mass is 10.1. The average molecular weight is 417 g/mol. The Balaban J connectivity index is 1.45. The molecule has 0 amide bonds. The van der Waals surface area contributed by atoms with Gasteiger partial charge >= 0.3 is 0 Å². The normalized spacial score (nSPS) is 12.6. The zero-order chi connectivity index (χ0) is 21.2. The van der Waals surface area contributed by atoms with Crippen LogP contribution in [0.2, 0.25) is 0 Å². The van der Waals surface area contributed by atoms with Crippen molar-refractivity contribution < 1.29 is 14.1 Å². The minimum atomic E-state index is 0.252. The van der Waals surface area contributed by atoms with E-state index < -0.39 is 0 Å². The van der Waals surface area contributed by atoms with Gasteiger partial charge in [-0.3, -0.25) is 9.58 Å². The first-order chi connectivity index (χ1) is 15.2. The van der Waals surface area contributed by atoms with E-state index in [1.165, 1.54) is 5.56 Å². The van der Waals surface area contributed by atoms with Gasteiger partial charge in [0.25, 0.3) is 0 Å². The molecular weight excluding hydrogens is 394 g/mol. The van der Waals surface area contributed by atoms with Crippen molar-refractivity contribution in [1.82, 2.24) is 25.0 Å². The third-order valence-electron chi connectivity index (χ3n) is 5.28. The first kappa shape index (κ1) is 19.3. The van der Waals surface area contributed by atoms with Gasteiger partial charge in [0, 0.05) is 30.4 Å². The van der Waals surface area contributed by atoms with Gasteiger partial charge < -0.3 is 9.47 Å². The molecule has 0 saturated heterocycles. The Morgan fingerprint density at radius 1 is 1.00 bits per heavy atom. The van der Waals surface area contributed by atoms with Crippen LogP contribution in [0.3, 0.4) is 0 Å². The Bertz CT molecular complexity index is 1190. The largest absolute Gasteiger partial charge is 0.454 e. The van der Waals surface area contributed by atoms with Gasteiger partial charge in [0.2, 0.25) is 6.79 Å². The van der Waals surface area contributed by atoms with Crippen LogP contribution in [0.15, 0.2) is 59.4 Å². The third-order valence-corrected chi connectivity index (χ3v) is 5.28. The second kappa shape index (κ2) is 8.23. The summed E-state index contributed by atoms with van der Waals surface area (Å²) in [5, 5.41) is 12.8. The van der Waals surface area contributed by atoms with Crippen molar-refractivity contribution in [3.05, 3.63) is 77.2 Å². The summed E-state index contributed by atoms with van der Waals surface area (Å²) in [5.74, 6) is 1.51. The van der Waals surface area contributed by atoms with E-state index in [1.54, 1.807) is 0 Å². The SMILES string of the molecule is Cc1nonc1CN(C)Cc1cn(Cc2ccccc2)nc1-c1ccc2c(c1)OCO2. The van der Waals surface area contributed by atoms with Gasteiger partial charge in [-0.2, -0.15) is 5.10 Å².